The molecule has 0 radical (unpaired) electrons. The fourth-order valence-electron chi connectivity index (χ4n) is 1.62. The molecule has 1 saturated carbocycles. The minimum absolute atomic E-state index is 0.119. The number of aromatic nitrogens is 2. The van der Waals surface area contributed by atoms with Gasteiger partial charge in [0.15, 0.2) is 0 Å². The molecule has 0 bridgehead atoms. The molecule has 1 amide bonds. The summed E-state index contributed by atoms with van der Waals surface area (Å²) in [6.07, 6.45) is 6.74. The minimum Gasteiger partial charge on any atom is -0.481 e. The van der Waals surface area contributed by atoms with E-state index in [1.807, 2.05) is 4.57 Å². The first-order chi connectivity index (χ1) is 8.12. The van der Waals surface area contributed by atoms with Gasteiger partial charge in [0.2, 0.25) is 5.91 Å². The van der Waals surface area contributed by atoms with Gasteiger partial charge < -0.3 is 15.0 Å². The summed E-state index contributed by atoms with van der Waals surface area (Å²) in [7, 11) is 0. The topological polar surface area (TPSA) is 84.2 Å². The van der Waals surface area contributed by atoms with Crippen LogP contribution in [0.4, 0.5) is 0 Å². The maximum absolute atomic E-state index is 11.5. The molecule has 1 aliphatic rings. The number of amides is 1. The lowest BCUT2D eigenvalue weighted by molar-refractivity contribution is -0.143. The number of carboxylic acids is 1. The molecule has 1 aromatic rings. The predicted molar refractivity (Wildman–Crippen MR) is 59.2 cm³/mol. The Kier molecular flexibility index (Phi) is 3.12. The van der Waals surface area contributed by atoms with E-state index < -0.39 is 11.4 Å². The maximum atomic E-state index is 11.5. The predicted octanol–water partition coefficient (Wildman–Crippen LogP) is 0.254. The standard InChI is InChI=1S/C11H15N3O3/c15-9(1-5-14-6-4-12-8-14)13-7-11(2-3-11)10(16)17/h4,6,8H,1-3,5,7H2,(H,13,15)(H,16,17). The smallest absolute Gasteiger partial charge is 0.311 e. The zero-order valence-corrected chi connectivity index (χ0v) is 9.43. The fraction of sp³-hybridized carbons (Fsp3) is 0.545. The highest BCUT2D eigenvalue weighted by atomic mass is 16.4. The van der Waals surface area contributed by atoms with Gasteiger partial charge in [-0.3, -0.25) is 9.59 Å². The lowest BCUT2D eigenvalue weighted by Crippen LogP contribution is -2.34. The second-order valence-corrected chi connectivity index (χ2v) is 4.41. The third-order valence-electron chi connectivity index (χ3n) is 3.09. The van der Waals surface area contributed by atoms with Crippen LogP contribution in [0.25, 0.3) is 0 Å². The zero-order valence-electron chi connectivity index (χ0n) is 9.43. The monoisotopic (exact) mass is 237 g/mol. The van der Waals surface area contributed by atoms with E-state index in [-0.39, 0.29) is 12.5 Å². The summed E-state index contributed by atoms with van der Waals surface area (Å²) < 4.78 is 1.81. The lowest BCUT2D eigenvalue weighted by atomic mass is 10.1. The van der Waals surface area contributed by atoms with Crippen LogP contribution in [0.1, 0.15) is 19.3 Å². The Balaban J connectivity index is 1.70. The molecule has 92 valence electrons. The molecular formula is C11H15N3O3. The number of carbonyl (C=O) groups is 2. The number of hydrogen-bond acceptors (Lipinski definition) is 3. The molecular weight excluding hydrogens is 222 g/mol. The largest absolute Gasteiger partial charge is 0.481 e. The van der Waals surface area contributed by atoms with Crippen molar-refractivity contribution in [2.24, 2.45) is 5.41 Å². The molecule has 0 unspecified atom stereocenters. The molecule has 0 atom stereocenters. The van der Waals surface area contributed by atoms with Crippen molar-refractivity contribution < 1.29 is 14.7 Å². The molecule has 1 aromatic heterocycles. The summed E-state index contributed by atoms with van der Waals surface area (Å²) >= 11 is 0. The van der Waals surface area contributed by atoms with Gasteiger partial charge in [0, 0.05) is 31.9 Å². The Hall–Kier alpha value is -1.85. The van der Waals surface area contributed by atoms with Crippen LogP contribution in [-0.4, -0.2) is 33.1 Å². The van der Waals surface area contributed by atoms with E-state index in [1.165, 1.54) is 0 Å². The van der Waals surface area contributed by atoms with E-state index in [4.69, 9.17) is 5.11 Å². The van der Waals surface area contributed by atoms with E-state index in [2.05, 4.69) is 10.3 Å². The highest BCUT2D eigenvalue weighted by molar-refractivity contribution is 5.80. The van der Waals surface area contributed by atoms with Gasteiger partial charge in [-0.05, 0) is 12.8 Å². The molecule has 0 spiro atoms. The maximum Gasteiger partial charge on any atom is 0.311 e. The molecule has 0 saturated heterocycles. The number of imidazole rings is 1. The molecule has 0 aromatic carbocycles. The normalized spacial score (nSPS) is 16.5. The van der Waals surface area contributed by atoms with Crippen LogP contribution in [0.2, 0.25) is 0 Å². The Labute approximate surface area is 98.7 Å². The Morgan fingerprint density at radius 1 is 1.47 bits per heavy atom. The van der Waals surface area contributed by atoms with Crippen molar-refractivity contribution in [3.05, 3.63) is 18.7 Å². The van der Waals surface area contributed by atoms with Gasteiger partial charge in [0.1, 0.15) is 0 Å². The number of hydrogen-bond donors (Lipinski definition) is 2. The molecule has 6 nitrogen and oxygen atoms in total. The van der Waals surface area contributed by atoms with Crippen LogP contribution in [0.3, 0.4) is 0 Å². The second kappa shape index (κ2) is 4.57. The van der Waals surface area contributed by atoms with Gasteiger partial charge in [-0.1, -0.05) is 0 Å². The van der Waals surface area contributed by atoms with Gasteiger partial charge in [0.05, 0.1) is 11.7 Å². The average Bonchev–Trinajstić information content (AvgIpc) is 2.93. The molecule has 1 aliphatic carbocycles. The Morgan fingerprint density at radius 2 is 2.24 bits per heavy atom. The summed E-state index contributed by atoms with van der Waals surface area (Å²) in [5.74, 6) is -0.932. The van der Waals surface area contributed by atoms with Gasteiger partial charge in [0.25, 0.3) is 0 Å². The Bertz CT molecular complexity index is 410. The molecule has 17 heavy (non-hydrogen) atoms. The van der Waals surface area contributed by atoms with E-state index in [1.54, 1.807) is 18.7 Å². The van der Waals surface area contributed by atoms with Gasteiger partial charge in [-0.2, -0.15) is 0 Å². The third-order valence-corrected chi connectivity index (χ3v) is 3.09. The first-order valence-corrected chi connectivity index (χ1v) is 5.58. The van der Waals surface area contributed by atoms with Crippen molar-refractivity contribution in [3.8, 4) is 0 Å². The number of nitrogens with zero attached hydrogens (tertiary/aromatic N) is 2. The van der Waals surface area contributed by atoms with E-state index in [0.29, 0.717) is 25.8 Å². The SMILES string of the molecule is O=C(CCn1ccnc1)NCC1(C(=O)O)CC1. The summed E-state index contributed by atoms with van der Waals surface area (Å²) in [5.41, 5.74) is -0.690. The molecule has 1 fully saturated rings. The van der Waals surface area contributed by atoms with Gasteiger partial charge in [-0.25, -0.2) is 4.98 Å². The van der Waals surface area contributed by atoms with Gasteiger partial charge in [-0.15, -0.1) is 0 Å². The highest BCUT2D eigenvalue weighted by Gasteiger charge is 2.50. The van der Waals surface area contributed by atoms with Crippen molar-refractivity contribution in [2.75, 3.05) is 6.54 Å². The minimum atomic E-state index is -0.813. The van der Waals surface area contributed by atoms with Crippen LogP contribution in [0, 0.1) is 5.41 Å². The average molecular weight is 237 g/mol. The molecule has 0 aliphatic heterocycles. The van der Waals surface area contributed by atoms with E-state index in [9.17, 15) is 9.59 Å². The zero-order chi connectivity index (χ0) is 12.3. The number of nitrogens with one attached hydrogen (secondary N) is 1. The van der Waals surface area contributed by atoms with Crippen LogP contribution >= 0.6 is 0 Å². The summed E-state index contributed by atoms with van der Waals surface area (Å²) in [5, 5.41) is 11.6. The second-order valence-electron chi connectivity index (χ2n) is 4.41. The molecule has 6 heteroatoms. The highest BCUT2D eigenvalue weighted by Crippen LogP contribution is 2.45. The molecule has 2 rings (SSSR count). The third kappa shape index (κ3) is 2.83. The quantitative estimate of drug-likeness (QED) is 0.743. The van der Waals surface area contributed by atoms with Gasteiger partial charge >= 0.3 is 5.97 Å². The van der Waals surface area contributed by atoms with Crippen LogP contribution in [0.15, 0.2) is 18.7 Å². The van der Waals surface area contributed by atoms with E-state index in [0.717, 1.165) is 0 Å². The molecule has 1 heterocycles. The summed E-state index contributed by atoms with van der Waals surface area (Å²) in [4.78, 5) is 26.2. The lowest BCUT2D eigenvalue weighted by Gasteiger charge is -2.11. The van der Waals surface area contributed by atoms with Crippen molar-refractivity contribution in [1.82, 2.24) is 14.9 Å². The van der Waals surface area contributed by atoms with E-state index >= 15 is 0 Å². The number of aryl methyl sites for hydroxylation is 1. The van der Waals surface area contributed by atoms with Crippen molar-refractivity contribution in [1.29, 1.82) is 0 Å². The Morgan fingerprint density at radius 3 is 2.76 bits per heavy atom. The summed E-state index contributed by atoms with van der Waals surface area (Å²) in [6, 6.07) is 0. The summed E-state index contributed by atoms with van der Waals surface area (Å²) in [6.45, 7) is 0.803. The number of rotatable bonds is 6. The number of aliphatic carboxylic acids is 1. The first-order valence-electron chi connectivity index (χ1n) is 5.58. The first kappa shape index (κ1) is 11.6. The van der Waals surface area contributed by atoms with Crippen molar-refractivity contribution >= 4 is 11.9 Å². The van der Waals surface area contributed by atoms with Crippen molar-refractivity contribution in [2.45, 2.75) is 25.8 Å². The number of carbonyl (C=O) groups excluding carboxylic acids is 1. The van der Waals surface area contributed by atoms with Crippen LogP contribution in [0.5, 0.6) is 0 Å². The molecule has 2 N–H and O–H groups in total. The van der Waals surface area contributed by atoms with Crippen LogP contribution in [-0.2, 0) is 16.1 Å². The fourth-order valence-corrected chi connectivity index (χ4v) is 1.62. The van der Waals surface area contributed by atoms with Crippen molar-refractivity contribution in [3.63, 3.8) is 0 Å². The van der Waals surface area contributed by atoms with Crippen LogP contribution < -0.4 is 5.32 Å². The number of carboxylic acid groups (broad SMARTS) is 1.